The molecule has 136 valence electrons. The zero-order chi connectivity index (χ0) is 18.0. The number of rotatable bonds is 6. The second-order valence-electron chi connectivity index (χ2n) is 6.42. The molecule has 1 atom stereocenters. The summed E-state index contributed by atoms with van der Waals surface area (Å²) in [7, 11) is -6.72. The highest BCUT2D eigenvalue weighted by Crippen LogP contribution is 2.33. The van der Waals surface area contributed by atoms with Crippen LogP contribution in [0.2, 0.25) is 5.02 Å². The van der Waals surface area contributed by atoms with Gasteiger partial charge in [-0.3, -0.25) is 0 Å². The van der Waals surface area contributed by atoms with Gasteiger partial charge < -0.3 is 0 Å². The summed E-state index contributed by atoms with van der Waals surface area (Å²) < 4.78 is 50.4. The Balaban J connectivity index is 2.25. The fraction of sp³-hybridized carbons (Fsp3) is 0.625. The van der Waals surface area contributed by atoms with Gasteiger partial charge in [-0.25, -0.2) is 16.8 Å². The number of piperidine rings is 1. The fourth-order valence-corrected chi connectivity index (χ4v) is 6.42. The van der Waals surface area contributed by atoms with E-state index in [0.717, 1.165) is 19.3 Å². The predicted octanol–water partition coefficient (Wildman–Crippen LogP) is 3.02. The molecular formula is C16H24ClNO4S2. The van der Waals surface area contributed by atoms with Crippen LogP contribution in [0.15, 0.2) is 23.1 Å². The molecule has 0 aromatic heterocycles. The molecule has 1 aliphatic heterocycles. The van der Waals surface area contributed by atoms with E-state index in [0.29, 0.717) is 24.9 Å². The first-order valence-corrected chi connectivity index (χ1v) is 12.0. The topological polar surface area (TPSA) is 71.5 Å². The second-order valence-corrected chi connectivity index (χ2v) is 10.9. The Hall–Kier alpha value is -0.630. The highest BCUT2D eigenvalue weighted by atomic mass is 35.5. The van der Waals surface area contributed by atoms with Gasteiger partial charge in [0.1, 0.15) is 14.7 Å². The number of hydrogen-bond acceptors (Lipinski definition) is 4. The SMILES string of the molecule is Cc1cccc(Cl)c1S(=O)(=O)N1CCCCC1CCCS(C)(=O)=O. The van der Waals surface area contributed by atoms with Gasteiger partial charge in [-0.15, -0.1) is 0 Å². The Bertz CT molecular complexity index is 770. The van der Waals surface area contributed by atoms with Crippen LogP contribution in [0, 0.1) is 6.92 Å². The number of aryl methyl sites for hydroxylation is 1. The second kappa shape index (κ2) is 7.72. The van der Waals surface area contributed by atoms with Crippen molar-refractivity contribution in [1.29, 1.82) is 0 Å². The van der Waals surface area contributed by atoms with Crippen LogP contribution >= 0.6 is 11.6 Å². The van der Waals surface area contributed by atoms with E-state index in [1.807, 2.05) is 0 Å². The highest BCUT2D eigenvalue weighted by Gasteiger charge is 2.35. The van der Waals surface area contributed by atoms with Crippen molar-refractivity contribution in [1.82, 2.24) is 4.31 Å². The molecule has 0 N–H and O–H groups in total. The summed E-state index contributed by atoms with van der Waals surface area (Å²) in [5.74, 6) is 0.0858. The van der Waals surface area contributed by atoms with Gasteiger partial charge >= 0.3 is 0 Å². The van der Waals surface area contributed by atoms with Crippen LogP contribution in [-0.4, -0.2) is 45.7 Å². The first kappa shape index (κ1) is 19.7. The molecule has 1 aromatic rings. The zero-order valence-corrected chi connectivity index (χ0v) is 16.4. The van der Waals surface area contributed by atoms with Crippen LogP contribution in [0.25, 0.3) is 0 Å². The van der Waals surface area contributed by atoms with Crippen molar-refractivity contribution in [2.75, 3.05) is 18.6 Å². The standard InChI is InChI=1S/C16H24ClNO4S2/c1-13-7-5-10-15(17)16(13)24(21,22)18-11-4-3-8-14(18)9-6-12-23(2,19)20/h5,7,10,14H,3-4,6,8-9,11-12H2,1-2H3. The number of halogens is 1. The van der Waals surface area contributed by atoms with E-state index < -0.39 is 19.9 Å². The van der Waals surface area contributed by atoms with Crippen LogP contribution in [0.3, 0.4) is 0 Å². The molecule has 8 heteroatoms. The third-order valence-electron chi connectivity index (χ3n) is 4.36. The summed E-state index contributed by atoms with van der Waals surface area (Å²) >= 11 is 6.16. The predicted molar refractivity (Wildman–Crippen MR) is 96.7 cm³/mol. The van der Waals surface area contributed by atoms with Gasteiger partial charge in [-0.2, -0.15) is 4.31 Å². The maximum absolute atomic E-state index is 13.1. The van der Waals surface area contributed by atoms with E-state index in [4.69, 9.17) is 11.6 Å². The molecule has 1 heterocycles. The Kier molecular flexibility index (Phi) is 6.34. The van der Waals surface area contributed by atoms with E-state index in [2.05, 4.69) is 0 Å². The van der Waals surface area contributed by atoms with E-state index >= 15 is 0 Å². The van der Waals surface area contributed by atoms with Crippen LogP contribution in [-0.2, 0) is 19.9 Å². The lowest BCUT2D eigenvalue weighted by molar-refractivity contribution is 0.239. The molecular weight excluding hydrogens is 370 g/mol. The minimum Gasteiger partial charge on any atom is -0.229 e. The third kappa shape index (κ3) is 4.71. The van der Waals surface area contributed by atoms with Crippen molar-refractivity contribution >= 4 is 31.5 Å². The number of hydrogen-bond donors (Lipinski definition) is 0. The average molecular weight is 394 g/mol. The molecule has 1 aromatic carbocycles. The summed E-state index contributed by atoms with van der Waals surface area (Å²) in [6.45, 7) is 2.19. The first-order valence-electron chi connectivity index (χ1n) is 8.07. The molecule has 0 spiro atoms. The molecule has 0 aliphatic carbocycles. The molecule has 5 nitrogen and oxygen atoms in total. The smallest absolute Gasteiger partial charge is 0.229 e. The summed E-state index contributed by atoms with van der Waals surface area (Å²) in [5.41, 5.74) is 0.628. The van der Waals surface area contributed by atoms with Gasteiger partial charge in [0.05, 0.1) is 5.02 Å². The molecule has 0 saturated carbocycles. The summed E-state index contributed by atoms with van der Waals surface area (Å²) in [5, 5.41) is 0.232. The van der Waals surface area contributed by atoms with Crippen molar-refractivity contribution in [2.45, 2.75) is 50.0 Å². The molecule has 0 amide bonds. The molecule has 1 unspecified atom stereocenters. The zero-order valence-electron chi connectivity index (χ0n) is 14.0. The summed E-state index contributed by atoms with van der Waals surface area (Å²) in [6.07, 6.45) is 4.75. The molecule has 1 saturated heterocycles. The normalized spacial score (nSPS) is 20.2. The van der Waals surface area contributed by atoms with Gasteiger partial charge in [-0.1, -0.05) is 30.2 Å². The highest BCUT2D eigenvalue weighted by molar-refractivity contribution is 7.90. The van der Waals surface area contributed by atoms with Crippen LogP contribution in [0.1, 0.15) is 37.7 Å². The Morgan fingerprint density at radius 2 is 1.92 bits per heavy atom. The van der Waals surface area contributed by atoms with Gasteiger partial charge in [0.25, 0.3) is 0 Å². The lowest BCUT2D eigenvalue weighted by Gasteiger charge is -2.35. The monoisotopic (exact) mass is 393 g/mol. The minimum atomic E-state index is -3.69. The van der Waals surface area contributed by atoms with Crippen molar-refractivity contribution in [3.63, 3.8) is 0 Å². The van der Waals surface area contributed by atoms with Gasteiger partial charge in [0.15, 0.2) is 0 Å². The minimum absolute atomic E-state index is 0.0858. The maximum atomic E-state index is 13.1. The van der Waals surface area contributed by atoms with Crippen LogP contribution in [0.5, 0.6) is 0 Å². The number of benzene rings is 1. The first-order chi connectivity index (χ1) is 11.1. The maximum Gasteiger partial charge on any atom is 0.245 e. The summed E-state index contributed by atoms with van der Waals surface area (Å²) in [4.78, 5) is 0.168. The van der Waals surface area contributed by atoms with E-state index in [1.165, 1.54) is 10.6 Å². The molecule has 0 radical (unpaired) electrons. The van der Waals surface area contributed by atoms with E-state index in [-0.39, 0.29) is 21.7 Å². The Morgan fingerprint density at radius 3 is 2.54 bits per heavy atom. The van der Waals surface area contributed by atoms with Crippen molar-refractivity contribution in [3.8, 4) is 0 Å². The number of sulfonamides is 1. The van der Waals surface area contributed by atoms with Crippen LogP contribution < -0.4 is 0 Å². The van der Waals surface area contributed by atoms with Gasteiger partial charge in [0, 0.05) is 24.6 Å². The van der Waals surface area contributed by atoms with Crippen molar-refractivity contribution in [2.24, 2.45) is 0 Å². The molecule has 24 heavy (non-hydrogen) atoms. The average Bonchev–Trinajstić information content (AvgIpc) is 2.46. The molecule has 1 fully saturated rings. The number of nitrogens with zero attached hydrogens (tertiary/aromatic N) is 1. The molecule has 0 bridgehead atoms. The lowest BCUT2D eigenvalue weighted by Crippen LogP contribution is -2.44. The third-order valence-corrected chi connectivity index (χ3v) is 7.97. The Morgan fingerprint density at radius 1 is 1.21 bits per heavy atom. The van der Waals surface area contributed by atoms with Crippen molar-refractivity contribution in [3.05, 3.63) is 28.8 Å². The summed E-state index contributed by atoms with van der Waals surface area (Å²) in [6, 6.07) is 4.89. The number of sulfone groups is 1. The lowest BCUT2D eigenvalue weighted by atomic mass is 10.0. The van der Waals surface area contributed by atoms with Gasteiger partial charge in [-0.05, 0) is 44.2 Å². The Labute approximate surface area is 150 Å². The quantitative estimate of drug-likeness (QED) is 0.744. The van der Waals surface area contributed by atoms with E-state index in [9.17, 15) is 16.8 Å². The molecule has 1 aliphatic rings. The van der Waals surface area contributed by atoms with E-state index in [1.54, 1.807) is 25.1 Å². The fourth-order valence-electron chi connectivity index (χ4n) is 3.22. The van der Waals surface area contributed by atoms with Gasteiger partial charge in [0.2, 0.25) is 10.0 Å². The molecule has 2 rings (SSSR count). The van der Waals surface area contributed by atoms with Crippen LogP contribution in [0.4, 0.5) is 0 Å². The largest absolute Gasteiger partial charge is 0.245 e. The van der Waals surface area contributed by atoms with Crippen molar-refractivity contribution < 1.29 is 16.8 Å².